The van der Waals surface area contributed by atoms with Gasteiger partial charge in [-0.2, -0.15) is 0 Å². The van der Waals surface area contributed by atoms with Crippen LogP contribution in [0.15, 0.2) is 42.5 Å². The number of rotatable bonds is 7. The lowest BCUT2D eigenvalue weighted by Gasteiger charge is -2.09. The van der Waals surface area contributed by atoms with Crippen molar-refractivity contribution in [3.05, 3.63) is 69.3 Å². The zero-order valence-corrected chi connectivity index (χ0v) is 15.4. The Balaban J connectivity index is 1.81. The van der Waals surface area contributed by atoms with Crippen molar-refractivity contribution in [2.75, 3.05) is 18.5 Å². The van der Waals surface area contributed by atoms with E-state index in [1.165, 1.54) is 18.2 Å². The van der Waals surface area contributed by atoms with Crippen molar-refractivity contribution in [2.24, 2.45) is 0 Å². The van der Waals surface area contributed by atoms with Gasteiger partial charge in [-0.05, 0) is 31.5 Å². The number of nitrogens with one attached hydrogen (secondary N) is 2. The Morgan fingerprint density at radius 2 is 1.86 bits per heavy atom. The van der Waals surface area contributed by atoms with Crippen LogP contribution in [0.4, 0.5) is 11.4 Å². The van der Waals surface area contributed by atoms with Gasteiger partial charge in [0.15, 0.2) is 6.61 Å². The number of hydrogen-bond acceptors (Lipinski definition) is 6. The Morgan fingerprint density at radius 1 is 1.11 bits per heavy atom. The van der Waals surface area contributed by atoms with Crippen LogP contribution in [-0.2, 0) is 14.3 Å². The predicted octanol–water partition coefficient (Wildman–Crippen LogP) is 2.12. The van der Waals surface area contributed by atoms with Gasteiger partial charge in [0.25, 0.3) is 17.5 Å². The molecule has 2 aromatic rings. The quantitative estimate of drug-likeness (QED) is 0.427. The minimum Gasteiger partial charge on any atom is -0.454 e. The molecule has 0 aliphatic rings. The van der Waals surface area contributed by atoms with E-state index in [0.29, 0.717) is 11.1 Å². The molecule has 2 amide bonds. The van der Waals surface area contributed by atoms with Gasteiger partial charge in [0.05, 0.1) is 10.6 Å². The Hall–Kier alpha value is -3.75. The van der Waals surface area contributed by atoms with E-state index in [9.17, 15) is 24.5 Å². The van der Waals surface area contributed by atoms with Gasteiger partial charge < -0.3 is 15.4 Å². The first-order valence-corrected chi connectivity index (χ1v) is 8.31. The fourth-order valence-electron chi connectivity index (χ4n) is 2.28. The molecule has 0 aliphatic heterocycles. The van der Waals surface area contributed by atoms with Crippen molar-refractivity contribution in [3.8, 4) is 0 Å². The molecule has 0 heterocycles. The van der Waals surface area contributed by atoms with Crippen molar-refractivity contribution < 1.29 is 24.0 Å². The Kier molecular flexibility index (Phi) is 6.80. The fourth-order valence-corrected chi connectivity index (χ4v) is 2.28. The second-order valence-electron chi connectivity index (χ2n) is 6.02. The first-order valence-electron chi connectivity index (χ1n) is 8.31. The SMILES string of the molecule is Cc1cccc(C(=O)NCC(=O)OCC(=O)Nc2cc([N+](=O)[O-])ccc2C)c1. The van der Waals surface area contributed by atoms with Gasteiger partial charge in [0.1, 0.15) is 6.54 Å². The van der Waals surface area contributed by atoms with Gasteiger partial charge >= 0.3 is 5.97 Å². The molecule has 0 aliphatic carbocycles. The Bertz CT molecular complexity index is 926. The number of nitrogens with zero attached hydrogens (tertiary/aromatic N) is 1. The zero-order valence-electron chi connectivity index (χ0n) is 15.4. The van der Waals surface area contributed by atoms with Gasteiger partial charge in [0.2, 0.25) is 0 Å². The van der Waals surface area contributed by atoms with E-state index in [4.69, 9.17) is 4.74 Å². The smallest absolute Gasteiger partial charge is 0.325 e. The lowest BCUT2D eigenvalue weighted by Crippen LogP contribution is -2.32. The van der Waals surface area contributed by atoms with Gasteiger partial charge in [-0.1, -0.05) is 23.8 Å². The highest BCUT2D eigenvalue weighted by Crippen LogP contribution is 2.21. The summed E-state index contributed by atoms with van der Waals surface area (Å²) in [5.74, 6) is -1.87. The molecule has 9 nitrogen and oxygen atoms in total. The maximum Gasteiger partial charge on any atom is 0.325 e. The van der Waals surface area contributed by atoms with E-state index in [-0.39, 0.29) is 11.4 Å². The topological polar surface area (TPSA) is 128 Å². The molecule has 2 rings (SSSR count). The molecule has 0 spiro atoms. The summed E-state index contributed by atoms with van der Waals surface area (Å²) in [6, 6.07) is 10.9. The number of benzene rings is 2. The Morgan fingerprint density at radius 3 is 2.54 bits per heavy atom. The van der Waals surface area contributed by atoms with Crippen molar-refractivity contribution in [3.63, 3.8) is 0 Å². The molecule has 0 saturated carbocycles. The molecule has 28 heavy (non-hydrogen) atoms. The third kappa shape index (κ3) is 5.90. The van der Waals surface area contributed by atoms with E-state index in [2.05, 4.69) is 10.6 Å². The Labute approximate surface area is 160 Å². The number of carbonyl (C=O) groups excluding carboxylic acids is 3. The van der Waals surface area contributed by atoms with Crippen molar-refractivity contribution in [2.45, 2.75) is 13.8 Å². The van der Waals surface area contributed by atoms with Crippen LogP contribution in [0.2, 0.25) is 0 Å². The van der Waals surface area contributed by atoms with E-state index < -0.39 is 35.9 Å². The largest absolute Gasteiger partial charge is 0.454 e. The molecule has 0 bridgehead atoms. The molecule has 0 unspecified atom stereocenters. The zero-order chi connectivity index (χ0) is 20.7. The number of ether oxygens (including phenoxy) is 1. The summed E-state index contributed by atoms with van der Waals surface area (Å²) in [6.45, 7) is 2.54. The minimum atomic E-state index is -0.785. The van der Waals surface area contributed by atoms with Gasteiger partial charge in [-0.25, -0.2) is 0 Å². The summed E-state index contributed by atoms with van der Waals surface area (Å²) >= 11 is 0. The second-order valence-corrected chi connectivity index (χ2v) is 6.02. The molecule has 2 N–H and O–H groups in total. The highest BCUT2D eigenvalue weighted by molar-refractivity contribution is 5.97. The lowest BCUT2D eigenvalue weighted by atomic mass is 10.1. The third-order valence-corrected chi connectivity index (χ3v) is 3.74. The first kappa shape index (κ1) is 20.6. The van der Waals surface area contributed by atoms with Crippen molar-refractivity contribution >= 4 is 29.2 Å². The molecule has 2 aromatic carbocycles. The molecule has 0 atom stereocenters. The predicted molar refractivity (Wildman–Crippen MR) is 101 cm³/mol. The number of nitro groups is 1. The number of carbonyl (C=O) groups is 3. The molecule has 0 saturated heterocycles. The summed E-state index contributed by atoms with van der Waals surface area (Å²) in [6.07, 6.45) is 0. The molecular weight excluding hydrogens is 366 g/mol. The molecule has 0 fully saturated rings. The first-order chi connectivity index (χ1) is 13.3. The summed E-state index contributed by atoms with van der Waals surface area (Å²) < 4.78 is 4.80. The van der Waals surface area contributed by atoms with E-state index in [1.54, 1.807) is 25.1 Å². The standard InChI is InChI=1S/C19H19N3O6/c1-12-4-3-5-14(8-12)19(25)20-10-18(24)28-11-17(23)21-16-9-15(22(26)27)7-6-13(16)2/h3-9H,10-11H2,1-2H3,(H,20,25)(H,21,23). The van der Waals surface area contributed by atoms with Gasteiger partial charge in [-0.15, -0.1) is 0 Å². The van der Waals surface area contributed by atoms with Crippen molar-refractivity contribution in [1.29, 1.82) is 0 Å². The average Bonchev–Trinajstić information content (AvgIpc) is 2.66. The van der Waals surface area contributed by atoms with Crippen LogP contribution >= 0.6 is 0 Å². The number of esters is 1. The van der Waals surface area contributed by atoms with Crippen LogP contribution in [0.5, 0.6) is 0 Å². The molecule has 9 heteroatoms. The summed E-state index contributed by atoms with van der Waals surface area (Å²) in [4.78, 5) is 45.8. The normalized spacial score (nSPS) is 10.1. The van der Waals surface area contributed by atoms with E-state index in [0.717, 1.165) is 5.56 Å². The highest BCUT2D eigenvalue weighted by atomic mass is 16.6. The lowest BCUT2D eigenvalue weighted by molar-refractivity contribution is -0.384. The van der Waals surface area contributed by atoms with Crippen LogP contribution in [0.1, 0.15) is 21.5 Å². The van der Waals surface area contributed by atoms with Crippen LogP contribution in [0, 0.1) is 24.0 Å². The molecule has 0 aromatic heterocycles. The number of anilines is 1. The maximum absolute atomic E-state index is 12.0. The van der Waals surface area contributed by atoms with Crippen molar-refractivity contribution in [1.82, 2.24) is 5.32 Å². The van der Waals surface area contributed by atoms with Crippen LogP contribution < -0.4 is 10.6 Å². The number of amides is 2. The van der Waals surface area contributed by atoms with E-state index >= 15 is 0 Å². The number of hydrogen-bond donors (Lipinski definition) is 2. The summed E-state index contributed by atoms with van der Waals surface area (Å²) in [7, 11) is 0. The van der Waals surface area contributed by atoms with E-state index in [1.807, 2.05) is 13.0 Å². The maximum atomic E-state index is 12.0. The third-order valence-electron chi connectivity index (χ3n) is 3.74. The van der Waals surface area contributed by atoms with Crippen LogP contribution in [0.25, 0.3) is 0 Å². The van der Waals surface area contributed by atoms with Crippen LogP contribution in [0.3, 0.4) is 0 Å². The minimum absolute atomic E-state index is 0.170. The number of non-ortho nitro benzene ring substituents is 1. The van der Waals surface area contributed by atoms with Gasteiger partial charge in [-0.3, -0.25) is 24.5 Å². The monoisotopic (exact) mass is 385 g/mol. The highest BCUT2D eigenvalue weighted by Gasteiger charge is 2.14. The number of aryl methyl sites for hydroxylation is 2. The summed E-state index contributed by atoms with van der Waals surface area (Å²) in [5.41, 5.74) is 2.02. The molecule has 146 valence electrons. The second kappa shape index (κ2) is 9.26. The fraction of sp³-hybridized carbons (Fsp3) is 0.211. The van der Waals surface area contributed by atoms with Crippen LogP contribution in [-0.4, -0.2) is 35.9 Å². The number of nitro benzene ring substituents is 1. The average molecular weight is 385 g/mol. The molecule has 0 radical (unpaired) electrons. The summed E-state index contributed by atoms with van der Waals surface area (Å²) in [5, 5.41) is 15.7. The van der Waals surface area contributed by atoms with Gasteiger partial charge in [0, 0.05) is 17.7 Å². The molecular formula is C19H19N3O6.